The van der Waals surface area contributed by atoms with Crippen molar-refractivity contribution >= 4 is 34.8 Å². The number of ether oxygens (including phenoxy) is 3. The van der Waals surface area contributed by atoms with Crippen LogP contribution in [-0.4, -0.2) is 42.0 Å². The summed E-state index contributed by atoms with van der Waals surface area (Å²) in [7, 11) is 0. The second-order valence-corrected chi connectivity index (χ2v) is 6.36. The molecule has 0 radical (unpaired) electrons. The fourth-order valence-corrected chi connectivity index (χ4v) is 3.57. The highest BCUT2D eigenvalue weighted by molar-refractivity contribution is 6.31. The van der Waals surface area contributed by atoms with E-state index in [0.717, 1.165) is 0 Å². The van der Waals surface area contributed by atoms with E-state index in [2.05, 4.69) is 0 Å². The number of esters is 1. The van der Waals surface area contributed by atoms with Crippen molar-refractivity contribution in [3.63, 3.8) is 0 Å². The van der Waals surface area contributed by atoms with Gasteiger partial charge in [-0.05, 0) is 0 Å². The molecule has 1 N–H and O–H groups in total. The molecule has 0 amide bonds. The van der Waals surface area contributed by atoms with E-state index in [4.69, 9.17) is 14.2 Å². The Morgan fingerprint density at radius 1 is 1.14 bits per heavy atom. The summed E-state index contributed by atoms with van der Waals surface area (Å²) in [6.45, 7) is 1.13. The molecule has 2 aliphatic rings. The van der Waals surface area contributed by atoms with Gasteiger partial charge in [-0.15, -0.1) is 0 Å². The van der Waals surface area contributed by atoms with E-state index in [1.807, 2.05) is 0 Å². The van der Waals surface area contributed by atoms with Crippen molar-refractivity contribution < 1.29 is 38.5 Å². The molecule has 28 heavy (non-hydrogen) atoms. The lowest BCUT2D eigenvalue weighted by molar-refractivity contribution is -0.163. The summed E-state index contributed by atoms with van der Waals surface area (Å²) in [4.78, 5) is 48.5. The van der Waals surface area contributed by atoms with Gasteiger partial charge in [-0.3, -0.25) is 19.2 Å². The average Bonchev–Trinajstić information content (AvgIpc) is 2.68. The highest BCUT2D eigenvalue weighted by Crippen LogP contribution is 2.46. The van der Waals surface area contributed by atoms with Gasteiger partial charge in [0.25, 0.3) is 6.47 Å². The van der Waals surface area contributed by atoms with E-state index in [9.17, 15) is 24.3 Å². The number of ketones is 2. The van der Waals surface area contributed by atoms with Crippen molar-refractivity contribution in [2.75, 3.05) is 6.61 Å². The number of aromatic hydroxyl groups is 1. The number of benzene rings is 2. The topological polar surface area (TPSA) is 116 Å². The van der Waals surface area contributed by atoms with Gasteiger partial charge in [0.1, 0.15) is 5.75 Å². The maximum Gasteiger partial charge on any atom is 0.308 e. The van der Waals surface area contributed by atoms with Gasteiger partial charge in [-0.1, -0.05) is 24.3 Å². The third-order valence-corrected chi connectivity index (χ3v) is 4.74. The third-order valence-electron chi connectivity index (χ3n) is 4.74. The van der Waals surface area contributed by atoms with Crippen LogP contribution in [0.5, 0.6) is 11.5 Å². The van der Waals surface area contributed by atoms with Gasteiger partial charge in [0.05, 0.1) is 17.7 Å². The molecule has 0 spiro atoms. The molecule has 0 saturated carbocycles. The van der Waals surface area contributed by atoms with Crippen LogP contribution < -0.4 is 4.74 Å². The van der Waals surface area contributed by atoms with Crippen LogP contribution in [-0.2, 0) is 19.1 Å². The first-order chi connectivity index (χ1) is 13.4. The first kappa shape index (κ1) is 17.9. The summed E-state index contributed by atoms with van der Waals surface area (Å²) in [6.07, 6.45) is -1.12. The van der Waals surface area contributed by atoms with E-state index in [1.165, 1.54) is 6.92 Å². The molecule has 1 aliphatic carbocycles. The maximum absolute atomic E-state index is 13.2. The van der Waals surface area contributed by atoms with Gasteiger partial charge in [0.15, 0.2) is 17.3 Å². The molecule has 1 atom stereocenters. The quantitative estimate of drug-likeness (QED) is 0.487. The zero-order valence-electron chi connectivity index (χ0n) is 14.7. The van der Waals surface area contributed by atoms with Crippen LogP contribution in [0, 0.1) is 0 Å². The van der Waals surface area contributed by atoms with Gasteiger partial charge in [0.2, 0.25) is 6.29 Å². The molecule has 0 bridgehead atoms. The van der Waals surface area contributed by atoms with Crippen LogP contribution >= 0.6 is 0 Å². The number of phenols is 1. The summed E-state index contributed by atoms with van der Waals surface area (Å²) in [6, 6.07) is 6.45. The van der Waals surface area contributed by atoms with Gasteiger partial charge < -0.3 is 19.3 Å². The smallest absolute Gasteiger partial charge is 0.308 e. The molecule has 8 nitrogen and oxygen atoms in total. The predicted octanol–water partition coefficient (Wildman–Crippen LogP) is 2.07. The van der Waals surface area contributed by atoms with E-state index < -0.39 is 23.8 Å². The highest BCUT2D eigenvalue weighted by atomic mass is 16.7. The second kappa shape index (κ2) is 6.58. The molecule has 8 heteroatoms. The minimum Gasteiger partial charge on any atom is -0.506 e. The number of Topliss-reactive ketones (excluding diaryl/α,β-unsaturated/α-hetero) is 2. The van der Waals surface area contributed by atoms with Crippen LogP contribution in [0.3, 0.4) is 0 Å². The largest absolute Gasteiger partial charge is 0.506 e. The van der Waals surface area contributed by atoms with Crippen molar-refractivity contribution in [3.05, 3.63) is 46.5 Å². The predicted molar refractivity (Wildman–Crippen MR) is 94.1 cm³/mol. The molecule has 1 unspecified atom stereocenters. The molecule has 0 saturated heterocycles. The number of hydrogen-bond donors (Lipinski definition) is 1. The number of phenolic OH excluding ortho intramolecular Hbond substituents is 1. The Bertz CT molecular complexity index is 1100. The summed E-state index contributed by atoms with van der Waals surface area (Å²) < 4.78 is 15.3. The van der Waals surface area contributed by atoms with E-state index in [1.54, 1.807) is 24.3 Å². The van der Waals surface area contributed by atoms with Crippen molar-refractivity contribution in [1.29, 1.82) is 0 Å². The van der Waals surface area contributed by atoms with Gasteiger partial charge in [-0.25, -0.2) is 0 Å². The molecule has 2 aromatic rings. The fraction of sp³-hybridized carbons (Fsp3) is 0.200. The normalized spacial score (nSPS) is 18.5. The Kier molecular flexibility index (Phi) is 4.20. The Balaban J connectivity index is 1.99. The number of hydrogen-bond acceptors (Lipinski definition) is 8. The van der Waals surface area contributed by atoms with Crippen molar-refractivity contribution in [2.24, 2.45) is 0 Å². The van der Waals surface area contributed by atoms with E-state index >= 15 is 0 Å². The maximum atomic E-state index is 13.2. The minimum atomic E-state index is -0.999. The van der Waals surface area contributed by atoms with Gasteiger partial charge in [0, 0.05) is 35.3 Å². The first-order valence-corrected chi connectivity index (χ1v) is 8.42. The average molecular weight is 382 g/mol. The van der Waals surface area contributed by atoms with Crippen molar-refractivity contribution in [3.8, 4) is 11.5 Å². The van der Waals surface area contributed by atoms with Crippen LogP contribution in [0.1, 0.15) is 34.1 Å². The number of carbonyl (C=O) groups excluding carboxylic acids is 4. The molecule has 1 heterocycles. The molecule has 0 fully saturated rings. The van der Waals surface area contributed by atoms with Crippen LogP contribution in [0.15, 0.2) is 35.4 Å². The minimum absolute atomic E-state index is 0.0832. The lowest BCUT2D eigenvalue weighted by Gasteiger charge is -2.30. The monoisotopic (exact) mass is 382 g/mol. The van der Waals surface area contributed by atoms with Gasteiger partial charge >= 0.3 is 5.97 Å². The summed E-state index contributed by atoms with van der Waals surface area (Å²) in [5.74, 6) is -2.29. The van der Waals surface area contributed by atoms with E-state index in [0.29, 0.717) is 5.39 Å². The molecular formula is C20H14O8. The molecular weight excluding hydrogens is 368 g/mol. The Morgan fingerprint density at radius 3 is 2.50 bits per heavy atom. The lowest BCUT2D eigenvalue weighted by Crippen LogP contribution is -2.34. The summed E-state index contributed by atoms with van der Waals surface area (Å²) in [5, 5.41) is 11.3. The SMILES string of the molecule is CC(=O)Oc1c2c(c(O)c3ccccc13)C(=O)C1=C(CC(OC=O)OC1)C2=O. The van der Waals surface area contributed by atoms with Crippen molar-refractivity contribution in [2.45, 2.75) is 19.6 Å². The molecule has 1 aliphatic heterocycles. The van der Waals surface area contributed by atoms with E-state index in [-0.39, 0.29) is 58.7 Å². The first-order valence-electron chi connectivity index (χ1n) is 8.42. The second-order valence-electron chi connectivity index (χ2n) is 6.36. The Morgan fingerprint density at radius 2 is 1.82 bits per heavy atom. The zero-order valence-corrected chi connectivity index (χ0v) is 14.7. The summed E-state index contributed by atoms with van der Waals surface area (Å²) >= 11 is 0. The van der Waals surface area contributed by atoms with Crippen LogP contribution in [0.4, 0.5) is 0 Å². The molecule has 2 aromatic carbocycles. The third kappa shape index (κ3) is 2.57. The van der Waals surface area contributed by atoms with Crippen LogP contribution in [0.2, 0.25) is 0 Å². The highest BCUT2D eigenvalue weighted by Gasteiger charge is 2.41. The zero-order chi connectivity index (χ0) is 20.0. The summed E-state index contributed by atoms with van der Waals surface area (Å²) in [5.41, 5.74) is -0.208. The molecule has 4 rings (SSSR count). The standard InChI is InChI=1S/C20H14O8/c1-9(22)28-20-11-5-3-2-4-10(11)17(23)15-16(20)18(24)12-6-14(27-8-21)26-7-13(12)19(15)25/h2-5,8,14,23H,6-7H2,1H3. The fourth-order valence-electron chi connectivity index (χ4n) is 3.57. The molecule has 142 valence electrons. The number of carbonyl (C=O) groups is 4. The molecule has 0 aromatic heterocycles. The number of fused-ring (bicyclic) bond motifs is 2. The van der Waals surface area contributed by atoms with Gasteiger partial charge in [-0.2, -0.15) is 0 Å². The lowest BCUT2D eigenvalue weighted by atomic mass is 9.79. The Labute approximate surface area is 158 Å². The van der Waals surface area contributed by atoms with Crippen LogP contribution in [0.25, 0.3) is 10.8 Å². The number of rotatable bonds is 3. The van der Waals surface area contributed by atoms with Crippen molar-refractivity contribution in [1.82, 2.24) is 0 Å². The Hall–Kier alpha value is -3.52.